The van der Waals surface area contributed by atoms with Gasteiger partial charge in [-0.05, 0) is 24.1 Å². The van der Waals surface area contributed by atoms with E-state index in [-0.39, 0.29) is 31.0 Å². The molecular weight excluding hydrogens is 280 g/mol. The van der Waals surface area contributed by atoms with Crippen molar-refractivity contribution >= 4 is 10.0 Å². The molecule has 6 nitrogen and oxygen atoms in total. The summed E-state index contributed by atoms with van der Waals surface area (Å²) in [7, 11) is -2.19. The minimum Gasteiger partial charge on any atom is -0.396 e. The highest BCUT2D eigenvalue weighted by atomic mass is 32.2. The molecular formula is C13H18N2O4S. The molecule has 110 valence electrons. The van der Waals surface area contributed by atoms with E-state index in [0.29, 0.717) is 0 Å². The zero-order valence-electron chi connectivity index (χ0n) is 11.2. The molecule has 1 unspecified atom stereocenters. The lowest BCUT2D eigenvalue weighted by molar-refractivity contribution is 0.158. The monoisotopic (exact) mass is 298 g/mol. The first kappa shape index (κ1) is 16.6. The van der Waals surface area contributed by atoms with Crippen LogP contribution in [0, 0.1) is 11.3 Å². The summed E-state index contributed by atoms with van der Waals surface area (Å²) in [6.45, 7) is 0.0595. The van der Waals surface area contributed by atoms with Crippen LogP contribution in [0.2, 0.25) is 0 Å². The minimum absolute atomic E-state index is 0.123. The van der Waals surface area contributed by atoms with Crippen LogP contribution in [0.4, 0.5) is 0 Å². The van der Waals surface area contributed by atoms with Crippen LogP contribution in [0.15, 0.2) is 29.2 Å². The molecule has 0 fully saturated rings. The second kappa shape index (κ2) is 7.97. The van der Waals surface area contributed by atoms with E-state index in [1.54, 1.807) is 12.1 Å². The smallest absolute Gasteiger partial charge is 0.240 e. The molecule has 1 aromatic rings. The van der Waals surface area contributed by atoms with E-state index in [4.69, 9.17) is 15.1 Å². The zero-order chi connectivity index (χ0) is 15.0. The van der Waals surface area contributed by atoms with Gasteiger partial charge in [-0.2, -0.15) is 5.26 Å². The predicted octanol–water partition coefficient (Wildman–Crippen LogP) is 0.428. The lowest BCUT2D eigenvalue weighted by Crippen LogP contribution is -2.38. The number of hydrogen-bond donors (Lipinski definition) is 2. The van der Waals surface area contributed by atoms with E-state index in [1.807, 2.05) is 6.07 Å². The Balaban J connectivity index is 2.84. The number of ether oxygens (including phenoxy) is 1. The Kier molecular flexibility index (Phi) is 6.61. The van der Waals surface area contributed by atoms with E-state index in [1.165, 1.54) is 19.2 Å². The second-order valence-electron chi connectivity index (χ2n) is 4.26. The van der Waals surface area contributed by atoms with Gasteiger partial charge in [-0.25, -0.2) is 13.1 Å². The molecule has 0 amide bonds. The fourth-order valence-corrected chi connectivity index (χ4v) is 2.95. The number of nitriles is 1. The van der Waals surface area contributed by atoms with Crippen molar-refractivity contribution in [3.63, 3.8) is 0 Å². The maximum Gasteiger partial charge on any atom is 0.240 e. The molecule has 20 heavy (non-hydrogen) atoms. The van der Waals surface area contributed by atoms with Crippen molar-refractivity contribution in [1.82, 2.24) is 4.72 Å². The second-order valence-corrected chi connectivity index (χ2v) is 5.98. The van der Waals surface area contributed by atoms with Gasteiger partial charge in [-0.15, -0.1) is 0 Å². The molecule has 7 heteroatoms. The predicted molar refractivity (Wildman–Crippen MR) is 73.4 cm³/mol. The van der Waals surface area contributed by atoms with Gasteiger partial charge < -0.3 is 9.84 Å². The molecule has 0 saturated carbocycles. The van der Waals surface area contributed by atoms with Crippen molar-refractivity contribution in [3.8, 4) is 6.07 Å². The van der Waals surface area contributed by atoms with Crippen LogP contribution in [0.5, 0.6) is 0 Å². The Bertz CT molecular complexity index is 543. The summed E-state index contributed by atoms with van der Waals surface area (Å²) in [5, 5.41) is 17.5. The molecule has 1 aromatic carbocycles. The van der Waals surface area contributed by atoms with Crippen molar-refractivity contribution in [2.24, 2.45) is 0 Å². The molecule has 0 aliphatic rings. The number of sulfonamides is 1. The van der Waals surface area contributed by atoms with Crippen LogP contribution in [0.3, 0.4) is 0 Å². The molecule has 0 heterocycles. The minimum atomic E-state index is -3.66. The fraction of sp³-hybridized carbons (Fsp3) is 0.462. The number of nitrogens with one attached hydrogen (secondary N) is 1. The summed E-state index contributed by atoms with van der Waals surface area (Å²) in [4.78, 5) is 0.123. The Hall–Kier alpha value is -1.46. The summed E-state index contributed by atoms with van der Waals surface area (Å²) in [6, 6.07) is 7.65. The van der Waals surface area contributed by atoms with E-state index in [9.17, 15) is 8.42 Å². The third kappa shape index (κ3) is 4.90. The van der Waals surface area contributed by atoms with Crippen molar-refractivity contribution in [2.45, 2.75) is 23.8 Å². The van der Waals surface area contributed by atoms with Gasteiger partial charge in [0.1, 0.15) is 0 Å². The molecule has 0 bridgehead atoms. The molecule has 0 saturated heterocycles. The molecule has 0 aliphatic carbocycles. The molecule has 0 aliphatic heterocycles. The highest BCUT2D eigenvalue weighted by molar-refractivity contribution is 7.89. The van der Waals surface area contributed by atoms with Gasteiger partial charge in [-0.3, -0.25) is 0 Å². The highest BCUT2D eigenvalue weighted by Gasteiger charge is 2.19. The van der Waals surface area contributed by atoms with Gasteiger partial charge in [0.05, 0.1) is 24.0 Å². The lowest BCUT2D eigenvalue weighted by Gasteiger charge is -2.17. The zero-order valence-corrected chi connectivity index (χ0v) is 12.1. The van der Waals surface area contributed by atoms with E-state index < -0.39 is 16.1 Å². The van der Waals surface area contributed by atoms with Crippen LogP contribution in [0.1, 0.15) is 12.0 Å². The van der Waals surface area contributed by atoms with Crippen molar-refractivity contribution < 1.29 is 18.3 Å². The van der Waals surface area contributed by atoms with Gasteiger partial charge in [0, 0.05) is 19.8 Å². The summed E-state index contributed by atoms with van der Waals surface area (Å²) in [6.07, 6.45) is 0.518. The SMILES string of the molecule is COCC(CCO)NS(=O)(=O)c1ccc(CC#N)cc1. The maximum atomic E-state index is 12.1. The van der Waals surface area contributed by atoms with Crippen LogP contribution < -0.4 is 4.72 Å². The summed E-state index contributed by atoms with van der Waals surface area (Å²) in [5.41, 5.74) is 0.759. The highest BCUT2D eigenvalue weighted by Crippen LogP contribution is 2.12. The number of nitrogens with zero attached hydrogens (tertiary/aromatic N) is 1. The van der Waals surface area contributed by atoms with Crippen molar-refractivity contribution in [1.29, 1.82) is 5.26 Å². The number of aliphatic hydroxyl groups excluding tert-OH is 1. The van der Waals surface area contributed by atoms with Crippen LogP contribution >= 0.6 is 0 Å². The number of rotatable bonds is 8. The molecule has 1 atom stereocenters. The molecule has 2 N–H and O–H groups in total. The molecule has 0 aromatic heterocycles. The number of benzene rings is 1. The van der Waals surface area contributed by atoms with Crippen molar-refractivity contribution in [3.05, 3.63) is 29.8 Å². The summed E-state index contributed by atoms with van der Waals surface area (Å²) in [5.74, 6) is 0. The number of aliphatic hydroxyl groups is 1. The van der Waals surface area contributed by atoms with Crippen LogP contribution in [-0.4, -0.2) is 39.9 Å². The Morgan fingerprint density at radius 2 is 2.05 bits per heavy atom. The Morgan fingerprint density at radius 3 is 2.55 bits per heavy atom. The van der Waals surface area contributed by atoms with Crippen LogP contribution in [-0.2, 0) is 21.2 Å². The average Bonchev–Trinajstić information content (AvgIpc) is 2.40. The first-order chi connectivity index (χ1) is 9.53. The third-order valence-electron chi connectivity index (χ3n) is 2.68. The number of hydrogen-bond acceptors (Lipinski definition) is 5. The Labute approximate surface area is 119 Å². The fourth-order valence-electron chi connectivity index (χ4n) is 1.70. The quantitative estimate of drug-likeness (QED) is 0.725. The molecule has 1 rings (SSSR count). The van der Waals surface area contributed by atoms with Gasteiger partial charge in [0.2, 0.25) is 10.0 Å². The lowest BCUT2D eigenvalue weighted by atomic mass is 10.2. The molecule has 0 spiro atoms. The first-order valence-electron chi connectivity index (χ1n) is 6.11. The van der Waals surface area contributed by atoms with Gasteiger partial charge in [-0.1, -0.05) is 12.1 Å². The van der Waals surface area contributed by atoms with Gasteiger partial charge >= 0.3 is 0 Å². The summed E-state index contributed by atoms with van der Waals surface area (Å²) >= 11 is 0. The number of methoxy groups -OCH3 is 1. The van der Waals surface area contributed by atoms with Gasteiger partial charge in [0.25, 0.3) is 0 Å². The standard InChI is InChI=1S/C13H18N2O4S/c1-19-10-12(7-9-16)15-20(17,18)13-4-2-11(3-5-13)6-8-14/h2-5,12,15-16H,6-7,9-10H2,1H3. The van der Waals surface area contributed by atoms with E-state index in [2.05, 4.69) is 4.72 Å². The van der Waals surface area contributed by atoms with Crippen LogP contribution in [0.25, 0.3) is 0 Å². The van der Waals surface area contributed by atoms with Crippen molar-refractivity contribution in [2.75, 3.05) is 20.3 Å². The first-order valence-corrected chi connectivity index (χ1v) is 7.60. The largest absolute Gasteiger partial charge is 0.396 e. The van der Waals surface area contributed by atoms with E-state index >= 15 is 0 Å². The Morgan fingerprint density at radius 1 is 1.40 bits per heavy atom. The topological polar surface area (TPSA) is 99.4 Å². The normalized spacial score (nSPS) is 12.8. The third-order valence-corrected chi connectivity index (χ3v) is 4.22. The average molecular weight is 298 g/mol. The molecule has 0 radical (unpaired) electrons. The summed E-state index contributed by atoms with van der Waals surface area (Å²) < 4.78 is 31.7. The maximum absolute atomic E-state index is 12.1. The van der Waals surface area contributed by atoms with E-state index in [0.717, 1.165) is 5.56 Å². The van der Waals surface area contributed by atoms with Gasteiger partial charge in [0.15, 0.2) is 0 Å².